The number of nitrogens with zero attached hydrogens (tertiary/aromatic N) is 6. The van der Waals surface area contributed by atoms with Crippen LogP contribution in [0.25, 0.3) is 5.52 Å². The van der Waals surface area contributed by atoms with Crippen LogP contribution in [0.2, 0.25) is 0 Å². The van der Waals surface area contributed by atoms with Gasteiger partial charge in [-0.3, -0.25) is 14.6 Å². The van der Waals surface area contributed by atoms with E-state index in [0.717, 1.165) is 6.42 Å². The number of carbonyl (C=O) groups is 2. The van der Waals surface area contributed by atoms with Crippen LogP contribution < -0.4 is 4.74 Å². The van der Waals surface area contributed by atoms with Crippen molar-refractivity contribution in [3.8, 4) is 5.75 Å². The molecular weight excluding hydrogens is 384 g/mol. The van der Waals surface area contributed by atoms with Crippen LogP contribution in [0.15, 0.2) is 42.9 Å². The topological polar surface area (TPSA) is 92.9 Å². The van der Waals surface area contributed by atoms with Crippen molar-refractivity contribution in [3.05, 3.63) is 54.1 Å². The molecule has 2 saturated heterocycles. The molecule has 154 valence electrons. The lowest BCUT2D eigenvalue weighted by Crippen LogP contribution is -2.53. The second kappa shape index (κ2) is 7.08. The molecule has 0 N–H and O–H groups in total. The smallest absolute Gasteiger partial charge is 0.263 e. The minimum absolute atomic E-state index is 0.00284. The zero-order valence-electron chi connectivity index (χ0n) is 16.8. The molecule has 2 bridgehead atoms. The maximum Gasteiger partial charge on any atom is 0.263 e. The van der Waals surface area contributed by atoms with Crippen LogP contribution in [0.3, 0.4) is 0 Å². The Balaban J connectivity index is 1.29. The van der Waals surface area contributed by atoms with Crippen LogP contribution in [0, 0.1) is 6.92 Å². The molecule has 2 amide bonds. The first-order valence-electron chi connectivity index (χ1n) is 10.0. The van der Waals surface area contributed by atoms with E-state index < -0.39 is 6.10 Å². The Bertz CT molecular complexity index is 1110. The standard InChI is InChI=1S/C21H22N6O3/c1-13-19(18-6-4-8-23-27(18)24-13)21(29)26-12-15-9-16(26)11-25(15)20(28)14(2)30-17-5-3-7-22-10-17/h3-8,10,14-16H,9,11-12H2,1-2H3/t14?,15-,16-/m0/s1. The van der Waals surface area contributed by atoms with Crippen LogP contribution in [0.4, 0.5) is 0 Å². The van der Waals surface area contributed by atoms with Crippen LogP contribution in [0.1, 0.15) is 29.4 Å². The average Bonchev–Trinajstić information content (AvgIpc) is 3.45. The molecule has 2 aliphatic heterocycles. The summed E-state index contributed by atoms with van der Waals surface area (Å²) in [6.45, 7) is 4.61. The van der Waals surface area contributed by atoms with Gasteiger partial charge in [-0.15, -0.1) is 0 Å². The maximum absolute atomic E-state index is 13.3. The Morgan fingerprint density at radius 3 is 2.63 bits per heavy atom. The van der Waals surface area contributed by atoms with E-state index in [9.17, 15) is 9.59 Å². The average molecular weight is 406 g/mol. The van der Waals surface area contributed by atoms with Crippen molar-refractivity contribution < 1.29 is 14.3 Å². The van der Waals surface area contributed by atoms with E-state index in [4.69, 9.17) is 4.74 Å². The summed E-state index contributed by atoms with van der Waals surface area (Å²) in [5, 5.41) is 8.52. The first kappa shape index (κ1) is 18.5. The van der Waals surface area contributed by atoms with E-state index in [-0.39, 0.29) is 23.9 Å². The number of aryl methyl sites for hydroxylation is 1. The van der Waals surface area contributed by atoms with Gasteiger partial charge in [-0.25, -0.2) is 0 Å². The van der Waals surface area contributed by atoms with E-state index in [1.54, 1.807) is 43.7 Å². The predicted molar refractivity (Wildman–Crippen MR) is 107 cm³/mol. The Morgan fingerprint density at radius 1 is 1.13 bits per heavy atom. The van der Waals surface area contributed by atoms with Crippen molar-refractivity contribution >= 4 is 17.3 Å². The van der Waals surface area contributed by atoms with Gasteiger partial charge >= 0.3 is 0 Å². The molecule has 3 aromatic rings. The highest BCUT2D eigenvalue weighted by molar-refractivity contribution is 6.02. The molecule has 9 heteroatoms. The van der Waals surface area contributed by atoms with Crippen molar-refractivity contribution in [2.24, 2.45) is 0 Å². The third kappa shape index (κ3) is 2.97. The molecule has 9 nitrogen and oxygen atoms in total. The van der Waals surface area contributed by atoms with Gasteiger partial charge in [-0.2, -0.15) is 14.8 Å². The van der Waals surface area contributed by atoms with Gasteiger partial charge in [0.1, 0.15) is 11.3 Å². The number of amides is 2. The zero-order chi connectivity index (χ0) is 20.8. The van der Waals surface area contributed by atoms with Gasteiger partial charge < -0.3 is 14.5 Å². The van der Waals surface area contributed by atoms with Gasteiger partial charge in [0.15, 0.2) is 6.10 Å². The van der Waals surface area contributed by atoms with Crippen LogP contribution in [-0.2, 0) is 4.79 Å². The van der Waals surface area contributed by atoms with Crippen LogP contribution in [0.5, 0.6) is 5.75 Å². The Hall–Kier alpha value is -3.49. The monoisotopic (exact) mass is 406 g/mol. The van der Waals surface area contributed by atoms with Crippen molar-refractivity contribution in [2.75, 3.05) is 13.1 Å². The van der Waals surface area contributed by atoms with Crippen molar-refractivity contribution in [3.63, 3.8) is 0 Å². The molecular formula is C21H22N6O3. The Morgan fingerprint density at radius 2 is 1.90 bits per heavy atom. The van der Waals surface area contributed by atoms with Gasteiger partial charge in [-0.05, 0) is 44.5 Å². The van der Waals surface area contributed by atoms with Gasteiger partial charge in [0, 0.05) is 25.5 Å². The highest BCUT2D eigenvalue weighted by Gasteiger charge is 2.48. The summed E-state index contributed by atoms with van der Waals surface area (Å²) in [6, 6.07) is 7.21. The van der Waals surface area contributed by atoms with Crippen LogP contribution in [-0.4, -0.2) is 72.7 Å². The summed E-state index contributed by atoms with van der Waals surface area (Å²) in [4.78, 5) is 34.0. The third-order valence-corrected chi connectivity index (χ3v) is 5.89. The van der Waals surface area contributed by atoms with Crippen molar-refractivity contribution in [2.45, 2.75) is 38.5 Å². The predicted octanol–water partition coefficient (Wildman–Crippen LogP) is 1.33. The normalized spacial score (nSPS) is 21.3. The van der Waals surface area contributed by atoms with E-state index in [2.05, 4.69) is 15.2 Å². The molecule has 0 spiro atoms. The number of hydrogen-bond acceptors (Lipinski definition) is 6. The quantitative estimate of drug-likeness (QED) is 0.649. The largest absolute Gasteiger partial charge is 0.479 e. The summed E-state index contributed by atoms with van der Waals surface area (Å²) in [5.74, 6) is 0.459. The fourth-order valence-corrected chi connectivity index (χ4v) is 4.50. The molecule has 5 heterocycles. The number of ether oxygens (including phenoxy) is 1. The minimum Gasteiger partial charge on any atom is -0.479 e. The van der Waals surface area contributed by atoms with Gasteiger partial charge in [0.05, 0.1) is 29.5 Å². The number of rotatable bonds is 4. The van der Waals surface area contributed by atoms with E-state index >= 15 is 0 Å². The van der Waals surface area contributed by atoms with Gasteiger partial charge in [-0.1, -0.05) is 0 Å². The first-order chi connectivity index (χ1) is 14.5. The highest BCUT2D eigenvalue weighted by atomic mass is 16.5. The molecule has 0 saturated carbocycles. The highest BCUT2D eigenvalue weighted by Crippen LogP contribution is 2.33. The molecule has 0 radical (unpaired) electrons. The van der Waals surface area contributed by atoms with Gasteiger partial charge in [0.2, 0.25) is 0 Å². The minimum atomic E-state index is -0.606. The second-order valence-electron chi connectivity index (χ2n) is 7.80. The molecule has 5 rings (SSSR count). The molecule has 30 heavy (non-hydrogen) atoms. The van der Waals surface area contributed by atoms with Crippen LogP contribution >= 0.6 is 0 Å². The fourth-order valence-electron chi connectivity index (χ4n) is 4.50. The second-order valence-corrected chi connectivity index (χ2v) is 7.80. The number of aromatic nitrogens is 4. The number of piperazine rings is 1. The zero-order valence-corrected chi connectivity index (χ0v) is 16.8. The SMILES string of the molecule is Cc1nn2ncccc2c1C(=O)N1C[C@@H]2C[C@H]1CN2C(=O)C(C)Oc1cccnc1. The number of fused-ring (bicyclic) bond motifs is 3. The number of hydrogen-bond donors (Lipinski definition) is 0. The van der Waals surface area contributed by atoms with E-state index in [1.807, 2.05) is 22.8 Å². The van der Waals surface area contributed by atoms with E-state index in [0.29, 0.717) is 35.6 Å². The summed E-state index contributed by atoms with van der Waals surface area (Å²) in [7, 11) is 0. The fraction of sp³-hybridized carbons (Fsp3) is 0.381. The summed E-state index contributed by atoms with van der Waals surface area (Å²) in [5.41, 5.74) is 1.95. The number of likely N-dealkylation sites (tertiary alicyclic amines) is 2. The van der Waals surface area contributed by atoms with E-state index in [1.165, 1.54) is 4.63 Å². The van der Waals surface area contributed by atoms with Crippen molar-refractivity contribution in [1.29, 1.82) is 0 Å². The third-order valence-electron chi connectivity index (χ3n) is 5.89. The summed E-state index contributed by atoms with van der Waals surface area (Å²) >= 11 is 0. The lowest BCUT2D eigenvalue weighted by molar-refractivity contribution is -0.140. The molecule has 2 fully saturated rings. The molecule has 0 aromatic carbocycles. The lowest BCUT2D eigenvalue weighted by atomic mass is 10.1. The van der Waals surface area contributed by atoms with Crippen molar-refractivity contribution in [1.82, 2.24) is 29.6 Å². The molecule has 3 aromatic heterocycles. The molecule has 0 aliphatic carbocycles. The Labute approximate surface area is 173 Å². The molecule has 2 aliphatic rings. The lowest BCUT2D eigenvalue weighted by Gasteiger charge is -2.35. The molecule has 1 unspecified atom stereocenters. The van der Waals surface area contributed by atoms with Gasteiger partial charge in [0.25, 0.3) is 11.8 Å². The Kier molecular flexibility index (Phi) is 4.38. The number of pyridine rings is 1. The first-order valence-corrected chi connectivity index (χ1v) is 10.0. The molecule has 3 atom stereocenters. The number of carbonyl (C=O) groups excluding carboxylic acids is 2. The summed E-state index contributed by atoms with van der Waals surface area (Å²) in [6.07, 6.45) is 5.07. The summed E-state index contributed by atoms with van der Waals surface area (Å²) < 4.78 is 7.23. The maximum atomic E-state index is 13.3.